The first-order valence-corrected chi connectivity index (χ1v) is 9.14. The number of nitrogens with one attached hydrogen (secondary N) is 2. The van der Waals surface area contributed by atoms with Crippen LogP contribution in [-0.4, -0.2) is 56.7 Å². The van der Waals surface area contributed by atoms with E-state index >= 15 is 0 Å². The smallest absolute Gasteiger partial charge is 0.253 e. The quantitative estimate of drug-likeness (QED) is 0.622. The van der Waals surface area contributed by atoms with Gasteiger partial charge in [0.1, 0.15) is 12.4 Å². The van der Waals surface area contributed by atoms with Crippen molar-refractivity contribution in [3.8, 4) is 0 Å². The molecule has 0 bridgehead atoms. The molecular formula is C19H23N5O4. The van der Waals surface area contributed by atoms with Crippen LogP contribution in [0.1, 0.15) is 35.3 Å². The third kappa shape index (κ3) is 5.54. The number of aliphatic hydroxyl groups is 1. The number of carbonyl (C=O) groups excluding carboxylic acids is 2. The fraction of sp³-hybridized carbons (Fsp3) is 0.421. The van der Waals surface area contributed by atoms with Gasteiger partial charge in [0.15, 0.2) is 0 Å². The maximum absolute atomic E-state index is 12.3. The zero-order valence-electron chi connectivity index (χ0n) is 15.3. The SMILES string of the molecule is O=C(C[C@@H]1CC[C@@H](NC(=O)c2cccnc2)[C@H](CO)O1)NCc1ccncn1. The third-order valence-corrected chi connectivity index (χ3v) is 4.56. The topological polar surface area (TPSA) is 126 Å². The van der Waals surface area contributed by atoms with Gasteiger partial charge < -0.3 is 20.5 Å². The van der Waals surface area contributed by atoms with Crippen LogP contribution < -0.4 is 10.6 Å². The maximum Gasteiger partial charge on any atom is 0.253 e. The van der Waals surface area contributed by atoms with Crippen molar-refractivity contribution in [3.05, 3.63) is 54.4 Å². The highest BCUT2D eigenvalue weighted by molar-refractivity contribution is 5.94. The number of hydrogen-bond acceptors (Lipinski definition) is 7. The molecule has 2 aromatic heterocycles. The molecule has 0 radical (unpaired) electrons. The van der Waals surface area contributed by atoms with E-state index in [2.05, 4.69) is 25.6 Å². The van der Waals surface area contributed by atoms with E-state index in [-0.39, 0.29) is 37.0 Å². The molecule has 3 heterocycles. The van der Waals surface area contributed by atoms with E-state index in [1.165, 1.54) is 12.5 Å². The van der Waals surface area contributed by atoms with Gasteiger partial charge in [0.2, 0.25) is 5.91 Å². The van der Waals surface area contributed by atoms with E-state index < -0.39 is 6.10 Å². The Morgan fingerprint density at radius 3 is 2.82 bits per heavy atom. The average Bonchev–Trinajstić information content (AvgIpc) is 2.74. The van der Waals surface area contributed by atoms with Gasteiger partial charge >= 0.3 is 0 Å². The van der Waals surface area contributed by atoms with Gasteiger partial charge in [0, 0.05) is 18.6 Å². The largest absolute Gasteiger partial charge is 0.394 e. The Hall–Kier alpha value is -2.91. The second-order valence-electron chi connectivity index (χ2n) is 6.56. The predicted octanol–water partition coefficient (Wildman–Crippen LogP) is 0.216. The van der Waals surface area contributed by atoms with E-state index in [1.807, 2.05) is 0 Å². The Morgan fingerprint density at radius 2 is 2.11 bits per heavy atom. The van der Waals surface area contributed by atoms with Crippen LogP contribution in [0.4, 0.5) is 0 Å². The minimum atomic E-state index is -0.561. The van der Waals surface area contributed by atoms with Crippen LogP contribution >= 0.6 is 0 Å². The van der Waals surface area contributed by atoms with Crippen molar-refractivity contribution >= 4 is 11.8 Å². The molecule has 1 fully saturated rings. The molecule has 9 nitrogen and oxygen atoms in total. The van der Waals surface area contributed by atoms with E-state index in [1.54, 1.807) is 30.6 Å². The van der Waals surface area contributed by atoms with Crippen molar-refractivity contribution in [3.63, 3.8) is 0 Å². The lowest BCUT2D eigenvalue weighted by atomic mass is 9.96. The summed E-state index contributed by atoms with van der Waals surface area (Å²) in [5.74, 6) is -0.417. The molecule has 2 amide bonds. The Bertz CT molecular complexity index is 774. The first kappa shape index (κ1) is 19.8. The van der Waals surface area contributed by atoms with Gasteiger partial charge in [-0.15, -0.1) is 0 Å². The fourth-order valence-corrected chi connectivity index (χ4v) is 3.09. The molecule has 1 aliphatic heterocycles. The summed E-state index contributed by atoms with van der Waals surface area (Å²) in [6, 6.07) is 4.77. The predicted molar refractivity (Wildman–Crippen MR) is 99.0 cm³/mol. The Balaban J connectivity index is 1.47. The van der Waals surface area contributed by atoms with Crippen LogP contribution in [0.15, 0.2) is 43.1 Å². The highest BCUT2D eigenvalue weighted by Crippen LogP contribution is 2.22. The molecule has 3 atom stereocenters. The van der Waals surface area contributed by atoms with Crippen LogP contribution in [0.25, 0.3) is 0 Å². The molecule has 0 aromatic carbocycles. The monoisotopic (exact) mass is 385 g/mol. The second kappa shape index (κ2) is 9.86. The number of aromatic nitrogens is 3. The van der Waals surface area contributed by atoms with Gasteiger partial charge in [-0.2, -0.15) is 0 Å². The molecular weight excluding hydrogens is 362 g/mol. The molecule has 0 aliphatic carbocycles. The lowest BCUT2D eigenvalue weighted by Crippen LogP contribution is -2.51. The average molecular weight is 385 g/mol. The van der Waals surface area contributed by atoms with E-state index in [0.717, 1.165) is 5.69 Å². The van der Waals surface area contributed by atoms with Crippen molar-refractivity contribution in [1.29, 1.82) is 0 Å². The molecule has 3 rings (SSSR count). The molecule has 0 saturated carbocycles. The molecule has 28 heavy (non-hydrogen) atoms. The minimum Gasteiger partial charge on any atom is -0.394 e. The van der Waals surface area contributed by atoms with Gasteiger partial charge in [-0.25, -0.2) is 9.97 Å². The molecule has 0 spiro atoms. The van der Waals surface area contributed by atoms with E-state index in [0.29, 0.717) is 24.9 Å². The summed E-state index contributed by atoms with van der Waals surface area (Å²) in [6.07, 6.45) is 6.65. The van der Waals surface area contributed by atoms with Gasteiger partial charge in [0.25, 0.3) is 5.91 Å². The number of rotatable bonds is 7. The number of carbonyl (C=O) groups is 2. The maximum atomic E-state index is 12.3. The Labute approximate surface area is 162 Å². The normalized spacial score (nSPS) is 21.7. The van der Waals surface area contributed by atoms with Gasteiger partial charge in [-0.3, -0.25) is 14.6 Å². The number of amides is 2. The lowest BCUT2D eigenvalue weighted by molar-refractivity contribution is -0.131. The van der Waals surface area contributed by atoms with Crippen LogP contribution in [0.5, 0.6) is 0 Å². The van der Waals surface area contributed by atoms with Crippen LogP contribution in [0.2, 0.25) is 0 Å². The molecule has 148 valence electrons. The van der Waals surface area contributed by atoms with Crippen molar-refractivity contribution in [2.24, 2.45) is 0 Å². The molecule has 1 saturated heterocycles. The minimum absolute atomic E-state index is 0.154. The second-order valence-corrected chi connectivity index (χ2v) is 6.56. The number of ether oxygens (including phenoxy) is 1. The van der Waals surface area contributed by atoms with Gasteiger partial charge in [0.05, 0.1) is 43.0 Å². The first-order valence-electron chi connectivity index (χ1n) is 9.14. The Kier molecular flexibility index (Phi) is 6.99. The van der Waals surface area contributed by atoms with Crippen molar-refractivity contribution in [2.75, 3.05) is 6.61 Å². The molecule has 0 unspecified atom stereocenters. The van der Waals surface area contributed by atoms with Crippen LogP contribution in [0, 0.1) is 0 Å². The summed E-state index contributed by atoms with van der Waals surface area (Å²) in [6.45, 7) is 0.0817. The van der Waals surface area contributed by atoms with E-state index in [4.69, 9.17) is 4.74 Å². The van der Waals surface area contributed by atoms with Crippen molar-refractivity contribution < 1.29 is 19.4 Å². The van der Waals surface area contributed by atoms with E-state index in [9.17, 15) is 14.7 Å². The van der Waals surface area contributed by atoms with Crippen LogP contribution in [0.3, 0.4) is 0 Å². The molecule has 9 heteroatoms. The van der Waals surface area contributed by atoms with Crippen molar-refractivity contribution in [2.45, 2.75) is 44.1 Å². The summed E-state index contributed by atoms with van der Waals surface area (Å²) < 4.78 is 5.84. The van der Waals surface area contributed by atoms with Crippen LogP contribution in [-0.2, 0) is 16.1 Å². The zero-order valence-corrected chi connectivity index (χ0v) is 15.3. The molecule has 2 aromatic rings. The van der Waals surface area contributed by atoms with Crippen molar-refractivity contribution in [1.82, 2.24) is 25.6 Å². The number of aliphatic hydroxyl groups excluding tert-OH is 1. The standard InChI is InChI=1S/C19H23N5O4/c25-11-17-16(24-19(27)13-2-1-6-20-9-13)4-3-15(28-17)8-18(26)22-10-14-5-7-21-12-23-14/h1-2,5-7,9,12,15-17,25H,3-4,8,10-11H2,(H,22,26)(H,24,27)/t15-,16+,17-/m0/s1. The zero-order chi connectivity index (χ0) is 19.8. The first-order chi connectivity index (χ1) is 13.7. The molecule has 3 N–H and O–H groups in total. The summed E-state index contributed by atoms with van der Waals surface area (Å²) in [5.41, 5.74) is 1.17. The summed E-state index contributed by atoms with van der Waals surface area (Å²) >= 11 is 0. The highest BCUT2D eigenvalue weighted by Gasteiger charge is 2.33. The molecule has 1 aliphatic rings. The summed E-state index contributed by atoms with van der Waals surface area (Å²) in [7, 11) is 0. The highest BCUT2D eigenvalue weighted by atomic mass is 16.5. The number of pyridine rings is 1. The number of nitrogens with zero attached hydrogens (tertiary/aromatic N) is 3. The van der Waals surface area contributed by atoms with Gasteiger partial charge in [-0.1, -0.05) is 0 Å². The van der Waals surface area contributed by atoms with Gasteiger partial charge in [-0.05, 0) is 31.0 Å². The number of hydrogen-bond donors (Lipinski definition) is 3. The summed E-state index contributed by atoms with van der Waals surface area (Å²) in [5, 5.41) is 15.3. The Morgan fingerprint density at radius 1 is 1.21 bits per heavy atom. The third-order valence-electron chi connectivity index (χ3n) is 4.56. The fourth-order valence-electron chi connectivity index (χ4n) is 3.09. The lowest BCUT2D eigenvalue weighted by Gasteiger charge is -2.36. The summed E-state index contributed by atoms with van der Waals surface area (Å²) in [4.78, 5) is 36.2.